The average molecular weight is 384 g/mol. The van der Waals surface area contributed by atoms with Crippen molar-refractivity contribution in [1.29, 1.82) is 0 Å². The Morgan fingerprint density at radius 2 is 1.35 bits per heavy atom. The van der Waals surface area contributed by atoms with Crippen LogP contribution in [0.4, 0.5) is 17.6 Å². The van der Waals surface area contributed by atoms with Crippen molar-refractivity contribution in [2.75, 3.05) is 5.75 Å². The zero-order chi connectivity index (χ0) is 19.3. The van der Waals surface area contributed by atoms with Crippen LogP contribution in [0.15, 0.2) is 47.9 Å². The summed E-state index contributed by atoms with van der Waals surface area (Å²) in [5.74, 6) is -5.22. The summed E-state index contributed by atoms with van der Waals surface area (Å²) < 4.78 is 76.1. The van der Waals surface area contributed by atoms with E-state index in [1.54, 1.807) is 0 Å². The molecule has 8 heteroatoms. The van der Waals surface area contributed by atoms with E-state index in [1.807, 2.05) is 0 Å². The van der Waals surface area contributed by atoms with Gasteiger partial charge in [0.2, 0.25) is 0 Å². The Kier molecular flexibility index (Phi) is 6.10. The second kappa shape index (κ2) is 8.09. The molecular weight excluding hydrogens is 372 g/mol. The van der Waals surface area contributed by atoms with E-state index in [0.717, 1.165) is 42.5 Å². The van der Waals surface area contributed by atoms with E-state index in [9.17, 15) is 30.8 Å². The predicted molar refractivity (Wildman–Crippen MR) is 89.6 cm³/mol. The second-order valence-corrected chi connectivity index (χ2v) is 7.13. The maximum atomic E-state index is 13.4. The largest absolute Gasteiger partial charge is 0.294 e. The summed E-state index contributed by atoms with van der Waals surface area (Å²) in [6.45, 7) is 0. The highest BCUT2D eigenvalue weighted by Crippen LogP contribution is 2.13. The molecule has 0 unspecified atom stereocenters. The maximum Gasteiger partial charge on any atom is 0.179 e. The molecule has 0 heterocycles. The molecule has 0 spiro atoms. The zero-order valence-electron chi connectivity index (χ0n) is 13.1. The van der Waals surface area contributed by atoms with Crippen LogP contribution < -0.4 is 0 Å². The Labute approximate surface area is 147 Å². The van der Waals surface area contributed by atoms with E-state index < -0.39 is 44.6 Å². The Hall–Kier alpha value is -2.74. The highest BCUT2D eigenvalue weighted by atomic mass is 32.2. The van der Waals surface area contributed by atoms with Gasteiger partial charge in [0.15, 0.2) is 15.6 Å². The van der Waals surface area contributed by atoms with E-state index in [2.05, 4.69) is 0 Å². The molecule has 0 aromatic heterocycles. The van der Waals surface area contributed by atoms with Gasteiger partial charge < -0.3 is 0 Å². The molecule has 3 nitrogen and oxygen atoms in total. The fraction of sp³-hybridized carbons (Fsp3) is 0.0556. The summed E-state index contributed by atoms with van der Waals surface area (Å²) in [6, 6.07) is 5.32. The zero-order valence-corrected chi connectivity index (χ0v) is 13.9. The van der Waals surface area contributed by atoms with Crippen LogP contribution in [0.5, 0.6) is 0 Å². The standard InChI is InChI=1S/C18H12F4O3S/c19-14-4-1-12(17(21)9-14)3-6-16(23)11-26(24,25)8-7-13-2-5-15(20)10-18(13)22/h1-10H,11H2/b6-3-,8-7+. The number of hydrogen-bond acceptors (Lipinski definition) is 3. The van der Waals surface area contributed by atoms with Gasteiger partial charge in [-0.15, -0.1) is 0 Å². The molecule has 0 aliphatic carbocycles. The first-order valence-electron chi connectivity index (χ1n) is 7.18. The van der Waals surface area contributed by atoms with Crippen LogP contribution in [0.25, 0.3) is 12.2 Å². The summed E-state index contributed by atoms with van der Waals surface area (Å²) in [5.41, 5.74) is -0.243. The van der Waals surface area contributed by atoms with Crippen molar-refractivity contribution < 1.29 is 30.8 Å². The van der Waals surface area contributed by atoms with Gasteiger partial charge in [-0.25, -0.2) is 26.0 Å². The number of allylic oxidation sites excluding steroid dienone is 1. The van der Waals surface area contributed by atoms with Gasteiger partial charge in [0.1, 0.15) is 29.0 Å². The quantitative estimate of drug-likeness (QED) is 0.561. The summed E-state index contributed by atoms with van der Waals surface area (Å²) >= 11 is 0. The van der Waals surface area contributed by atoms with Gasteiger partial charge in [-0.1, -0.05) is 0 Å². The lowest BCUT2D eigenvalue weighted by Crippen LogP contribution is -2.11. The summed E-state index contributed by atoms with van der Waals surface area (Å²) in [6.07, 6.45) is 2.77. The van der Waals surface area contributed by atoms with Crippen LogP contribution >= 0.6 is 0 Å². The first-order chi connectivity index (χ1) is 12.2. The topological polar surface area (TPSA) is 51.2 Å². The number of benzene rings is 2. The lowest BCUT2D eigenvalue weighted by atomic mass is 10.2. The van der Waals surface area contributed by atoms with Crippen molar-refractivity contribution in [2.45, 2.75) is 0 Å². The van der Waals surface area contributed by atoms with Crippen molar-refractivity contribution in [1.82, 2.24) is 0 Å². The third kappa shape index (κ3) is 5.66. The fourth-order valence-corrected chi connectivity index (χ4v) is 2.87. The molecular formula is C18H12F4O3S. The lowest BCUT2D eigenvalue weighted by molar-refractivity contribution is -0.112. The molecule has 0 aliphatic rings. The molecule has 2 aromatic carbocycles. The Morgan fingerprint density at radius 3 is 1.85 bits per heavy atom. The van der Waals surface area contributed by atoms with Gasteiger partial charge in [-0.3, -0.25) is 4.79 Å². The van der Waals surface area contributed by atoms with Gasteiger partial charge in [0, 0.05) is 28.7 Å². The first kappa shape index (κ1) is 19.6. The number of halogens is 4. The molecule has 0 aliphatic heterocycles. The van der Waals surface area contributed by atoms with Crippen LogP contribution in [0.3, 0.4) is 0 Å². The van der Waals surface area contributed by atoms with E-state index in [-0.39, 0.29) is 11.1 Å². The van der Waals surface area contributed by atoms with Crippen LogP contribution in [-0.2, 0) is 14.6 Å². The number of ketones is 1. The highest BCUT2D eigenvalue weighted by Gasteiger charge is 2.12. The Morgan fingerprint density at radius 1 is 0.846 bits per heavy atom. The smallest absolute Gasteiger partial charge is 0.179 e. The van der Waals surface area contributed by atoms with Crippen LogP contribution in [0, 0.1) is 23.3 Å². The van der Waals surface area contributed by atoms with Gasteiger partial charge in [-0.2, -0.15) is 0 Å². The van der Waals surface area contributed by atoms with Crippen molar-refractivity contribution in [2.24, 2.45) is 0 Å². The van der Waals surface area contributed by atoms with Gasteiger partial charge in [0.25, 0.3) is 0 Å². The normalized spacial score (nSPS) is 12.2. The summed E-state index contributed by atoms with van der Waals surface area (Å²) in [7, 11) is -4.02. The molecule has 2 aromatic rings. The number of hydrogen-bond donors (Lipinski definition) is 0. The molecule has 0 atom stereocenters. The molecule has 0 radical (unpaired) electrons. The van der Waals surface area contributed by atoms with Crippen molar-refractivity contribution in [3.63, 3.8) is 0 Å². The number of rotatable bonds is 6. The minimum atomic E-state index is -4.02. The van der Waals surface area contributed by atoms with Crippen molar-refractivity contribution in [3.8, 4) is 0 Å². The molecule has 0 fully saturated rings. The van der Waals surface area contributed by atoms with Crippen LogP contribution in [-0.4, -0.2) is 20.0 Å². The lowest BCUT2D eigenvalue weighted by Gasteiger charge is -1.99. The first-order valence-corrected chi connectivity index (χ1v) is 8.90. The van der Waals surface area contributed by atoms with Crippen LogP contribution in [0.1, 0.15) is 11.1 Å². The third-order valence-corrected chi connectivity index (χ3v) is 4.41. The molecule has 2 rings (SSSR count). The van der Waals surface area contributed by atoms with E-state index >= 15 is 0 Å². The molecule has 0 bridgehead atoms. The molecule has 0 N–H and O–H groups in total. The predicted octanol–water partition coefficient (Wildman–Crippen LogP) is 3.91. The molecule has 0 saturated heterocycles. The minimum Gasteiger partial charge on any atom is -0.294 e. The Balaban J connectivity index is 2.07. The fourth-order valence-electron chi connectivity index (χ4n) is 1.93. The van der Waals surface area contributed by atoms with E-state index in [4.69, 9.17) is 0 Å². The molecule has 136 valence electrons. The average Bonchev–Trinajstić information content (AvgIpc) is 2.52. The summed E-state index contributed by atoms with van der Waals surface area (Å²) in [5, 5.41) is 0.632. The van der Waals surface area contributed by atoms with E-state index in [0.29, 0.717) is 17.5 Å². The van der Waals surface area contributed by atoms with Crippen molar-refractivity contribution in [3.05, 3.63) is 82.3 Å². The van der Waals surface area contributed by atoms with Crippen LogP contribution in [0.2, 0.25) is 0 Å². The highest BCUT2D eigenvalue weighted by molar-refractivity contribution is 7.95. The molecule has 0 amide bonds. The summed E-state index contributed by atoms with van der Waals surface area (Å²) in [4.78, 5) is 11.7. The van der Waals surface area contributed by atoms with E-state index in [1.165, 1.54) is 0 Å². The van der Waals surface area contributed by atoms with Gasteiger partial charge in [0.05, 0.1) is 0 Å². The third-order valence-electron chi connectivity index (χ3n) is 3.17. The van der Waals surface area contributed by atoms with Gasteiger partial charge in [-0.05, 0) is 42.5 Å². The number of sulfone groups is 1. The number of carbonyl (C=O) groups is 1. The SMILES string of the molecule is O=C(/C=C\c1ccc(F)cc1F)CS(=O)(=O)/C=C/c1ccc(F)cc1F. The Bertz CT molecular complexity index is 995. The van der Waals surface area contributed by atoms with Gasteiger partial charge >= 0.3 is 0 Å². The molecule has 26 heavy (non-hydrogen) atoms. The second-order valence-electron chi connectivity index (χ2n) is 5.24. The number of carbonyl (C=O) groups excluding carboxylic acids is 1. The maximum absolute atomic E-state index is 13.4. The minimum absolute atomic E-state index is 0.0823. The van der Waals surface area contributed by atoms with Crippen molar-refractivity contribution >= 4 is 27.8 Å². The molecule has 0 saturated carbocycles. The monoisotopic (exact) mass is 384 g/mol.